The summed E-state index contributed by atoms with van der Waals surface area (Å²) in [4.78, 5) is 1.76. The lowest BCUT2D eigenvalue weighted by molar-refractivity contribution is 0.564. The lowest BCUT2D eigenvalue weighted by atomic mass is 9.94. The molecule has 2 atom stereocenters. The Morgan fingerprint density at radius 2 is 1.48 bits per heavy atom. The average Bonchev–Trinajstić information content (AvgIpc) is 3.86. The van der Waals surface area contributed by atoms with Crippen LogP contribution in [-0.4, -0.2) is 18.7 Å². The summed E-state index contributed by atoms with van der Waals surface area (Å²) in [6.45, 7) is 0. The zero-order valence-electron chi connectivity index (χ0n) is 23.4. The smallest absolute Gasteiger partial charge is 0.284 e. The second-order valence-electron chi connectivity index (χ2n) is 10.8. The third-order valence-corrected chi connectivity index (χ3v) is 11.3. The van der Waals surface area contributed by atoms with Gasteiger partial charge in [0.25, 0.3) is 10.0 Å². The van der Waals surface area contributed by atoms with Gasteiger partial charge in [-0.2, -0.15) is 13.5 Å². The molecule has 0 saturated carbocycles. The molecule has 8 rings (SSSR count). The monoisotopic (exact) mass is 630 g/mol. The van der Waals surface area contributed by atoms with Crippen LogP contribution < -0.4 is 9.81 Å². The Balaban J connectivity index is 1.17. The molecule has 0 bridgehead atoms. The fourth-order valence-electron chi connectivity index (χ4n) is 6.15. The van der Waals surface area contributed by atoms with Gasteiger partial charge in [0.2, 0.25) is 4.80 Å². The summed E-state index contributed by atoms with van der Waals surface area (Å²) in [6, 6.07) is 39.4. The van der Waals surface area contributed by atoms with Gasteiger partial charge in [0.05, 0.1) is 28.0 Å². The standard InChI is InChI=1S/C35H26N4O2S3/c40-44(41,37-35-38(26-13-5-2-6-14-26)31(23-43-35)24-10-3-1-4-11-24)28-19-17-27(18-20-28)39-34(32-16-9-21-42-32)30-22-25-12-7-8-15-29(25)33(30)36-39/h1-21,23,30,34H,22H2/b37-35+. The number of sulfonamides is 1. The van der Waals surface area contributed by atoms with Crippen molar-refractivity contribution in [1.82, 2.24) is 4.57 Å². The SMILES string of the molecule is O=S(=O)(/N=c1/scc(-c2ccccc2)n1-c1ccccc1)c1ccc(N2N=C3c4ccccc4CC3C2c2cccs2)cc1. The number of anilines is 1. The fourth-order valence-corrected chi connectivity index (χ4v) is 9.14. The van der Waals surface area contributed by atoms with E-state index in [4.69, 9.17) is 5.10 Å². The normalized spacial score (nSPS) is 17.9. The molecule has 4 aromatic carbocycles. The third-order valence-electron chi connectivity index (χ3n) is 8.17. The summed E-state index contributed by atoms with van der Waals surface area (Å²) in [5.41, 5.74) is 7.19. The molecule has 1 aliphatic carbocycles. The van der Waals surface area contributed by atoms with Crippen LogP contribution in [0.2, 0.25) is 0 Å². The molecule has 9 heteroatoms. The highest BCUT2D eigenvalue weighted by molar-refractivity contribution is 7.90. The molecule has 0 fully saturated rings. The van der Waals surface area contributed by atoms with E-state index in [1.807, 2.05) is 82.7 Å². The van der Waals surface area contributed by atoms with Gasteiger partial charge in [0.15, 0.2) is 0 Å². The first-order valence-corrected chi connectivity index (χ1v) is 17.5. The van der Waals surface area contributed by atoms with E-state index in [0.717, 1.165) is 34.8 Å². The highest BCUT2D eigenvalue weighted by Crippen LogP contribution is 2.47. The highest BCUT2D eigenvalue weighted by atomic mass is 32.2. The topological polar surface area (TPSA) is 67.0 Å². The maximum absolute atomic E-state index is 13.7. The number of fused-ring (bicyclic) bond motifs is 3. The molecular formula is C35H26N4O2S3. The molecule has 2 unspecified atom stereocenters. The first-order valence-electron chi connectivity index (χ1n) is 14.3. The number of hydrogen-bond donors (Lipinski definition) is 0. The van der Waals surface area contributed by atoms with Gasteiger partial charge in [-0.05, 0) is 65.4 Å². The number of para-hydroxylation sites is 1. The molecule has 6 aromatic rings. The second-order valence-corrected chi connectivity index (χ2v) is 14.2. The Kier molecular flexibility index (Phi) is 6.66. The summed E-state index contributed by atoms with van der Waals surface area (Å²) in [5.74, 6) is 0.246. The number of benzene rings is 4. The van der Waals surface area contributed by atoms with E-state index in [0.29, 0.717) is 4.80 Å². The van der Waals surface area contributed by atoms with Crippen LogP contribution in [0, 0.1) is 5.92 Å². The minimum Gasteiger partial charge on any atom is -0.284 e. The lowest BCUT2D eigenvalue weighted by Gasteiger charge is -2.26. The van der Waals surface area contributed by atoms with Gasteiger partial charge in [0, 0.05) is 27.4 Å². The van der Waals surface area contributed by atoms with Crippen LogP contribution in [0.5, 0.6) is 0 Å². The molecule has 2 aliphatic rings. The number of hydrazone groups is 1. The van der Waals surface area contributed by atoms with Crippen molar-refractivity contribution in [2.45, 2.75) is 17.4 Å². The highest BCUT2D eigenvalue weighted by Gasteiger charge is 2.44. The summed E-state index contributed by atoms with van der Waals surface area (Å²) >= 11 is 3.03. The number of hydrogen-bond acceptors (Lipinski definition) is 6. The van der Waals surface area contributed by atoms with Crippen molar-refractivity contribution in [2.75, 3.05) is 5.01 Å². The maximum atomic E-state index is 13.7. The minimum atomic E-state index is -4.00. The van der Waals surface area contributed by atoms with Crippen LogP contribution in [0.1, 0.15) is 22.0 Å². The van der Waals surface area contributed by atoms with Crippen molar-refractivity contribution in [3.8, 4) is 16.9 Å². The molecule has 216 valence electrons. The Morgan fingerprint density at radius 3 is 2.23 bits per heavy atom. The van der Waals surface area contributed by atoms with E-state index in [2.05, 4.69) is 51.2 Å². The molecule has 1 aliphatic heterocycles. The number of thiophene rings is 1. The molecule has 6 nitrogen and oxygen atoms in total. The number of rotatable bonds is 6. The van der Waals surface area contributed by atoms with Crippen molar-refractivity contribution in [3.63, 3.8) is 0 Å². The quantitative estimate of drug-likeness (QED) is 0.190. The molecule has 0 N–H and O–H groups in total. The van der Waals surface area contributed by atoms with Crippen molar-refractivity contribution in [2.24, 2.45) is 15.4 Å². The third kappa shape index (κ3) is 4.64. The van der Waals surface area contributed by atoms with E-state index in [1.54, 1.807) is 23.5 Å². The van der Waals surface area contributed by atoms with Crippen molar-refractivity contribution < 1.29 is 8.42 Å². The van der Waals surface area contributed by atoms with E-state index < -0.39 is 10.0 Å². The number of aromatic nitrogens is 1. The molecule has 0 amide bonds. The zero-order valence-corrected chi connectivity index (χ0v) is 25.8. The van der Waals surface area contributed by atoms with Gasteiger partial charge in [-0.3, -0.25) is 9.58 Å². The van der Waals surface area contributed by atoms with Gasteiger partial charge in [0.1, 0.15) is 0 Å². The molecule has 0 radical (unpaired) electrons. The summed E-state index contributed by atoms with van der Waals surface area (Å²) < 4.78 is 33.6. The van der Waals surface area contributed by atoms with Crippen LogP contribution in [0.3, 0.4) is 0 Å². The maximum Gasteiger partial charge on any atom is 0.285 e. The molecule has 0 spiro atoms. The van der Waals surface area contributed by atoms with Gasteiger partial charge < -0.3 is 0 Å². The number of thiazole rings is 1. The Hall–Kier alpha value is -4.57. The first kappa shape index (κ1) is 27.0. The largest absolute Gasteiger partial charge is 0.285 e. The lowest BCUT2D eigenvalue weighted by Crippen LogP contribution is -2.24. The number of nitrogens with zero attached hydrogens (tertiary/aromatic N) is 4. The van der Waals surface area contributed by atoms with Crippen molar-refractivity contribution in [3.05, 3.63) is 153 Å². The van der Waals surface area contributed by atoms with Crippen LogP contribution in [0.25, 0.3) is 16.9 Å². The molecule has 2 aromatic heterocycles. The first-order chi connectivity index (χ1) is 21.6. The summed E-state index contributed by atoms with van der Waals surface area (Å²) in [6.07, 6.45) is 0.937. The van der Waals surface area contributed by atoms with Crippen molar-refractivity contribution in [1.29, 1.82) is 0 Å². The Bertz CT molecular complexity index is 2170. The predicted molar refractivity (Wildman–Crippen MR) is 178 cm³/mol. The van der Waals surface area contributed by atoms with E-state index in [9.17, 15) is 8.42 Å². The molecule has 44 heavy (non-hydrogen) atoms. The van der Waals surface area contributed by atoms with Gasteiger partial charge in [-0.1, -0.05) is 78.9 Å². The van der Waals surface area contributed by atoms with Crippen molar-refractivity contribution >= 4 is 44.1 Å². The van der Waals surface area contributed by atoms with Gasteiger partial charge >= 0.3 is 0 Å². The molecule has 3 heterocycles. The fraction of sp³-hybridized carbons (Fsp3) is 0.0857. The zero-order chi connectivity index (χ0) is 29.7. The average molecular weight is 631 g/mol. The van der Waals surface area contributed by atoms with Crippen LogP contribution in [0.15, 0.2) is 146 Å². The van der Waals surface area contributed by atoms with Gasteiger partial charge in [-0.25, -0.2) is 0 Å². The van der Waals surface area contributed by atoms with Crippen LogP contribution in [-0.2, 0) is 16.4 Å². The summed E-state index contributed by atoms with van der Waals surface area (Å²) in [5, 5.41) is 11.2. The van der Waals surface area contributed by atoms with Crippen LogP contribution in [0.4, 0.5) is 5.69 Å². The van der Waals surface area contributed by atoms with E-state index >= 15 is 0 Å². The molecule has 0 saturated heterocycles. The molecular weight excluding hydrogens is 605 g/mol. The second kappa shape index (κ2) is 10.9. The predicted octanol–water partition coefficient (Wildman–Crippen LogP) is 7.69. The Morgan fingerprint density at radius 1 is 0.750 bits per heavy atom. The Labute approximate surface area is 263 Å². The van der Waals surface area contributed by atoms with E-state index in [-0.39, 0.29) is 16.9 Å². The van der Waals surface area contributed by atoms with E-state index in [1.165, 1.54) is 27.3 Å². The van der Waals surface area contributed by atoms with Gasteiger partial charge in [-0.15, -0.1) is 27.1 Å². The minimum absolute atomic E-state index is 0.0527. The van der Waals surface area contributed by atoms with Crippen LogP contribution >= 0.6 is 22.7 Å². The summed E-state index contributed by atoms with van der Waals surface area (Å²) in [7, 11) is -4.00.